The molecule has 21 heavy (non-hydrogen) atoms. The van der Waals surface area contributed by atoms with Crippen molar-refractivity contribution in [1.29, 1.82) is 0 Å². The normalized spacial score (nSPS) is 13.7. The molecule has 0 amide bonds. The van der Waals surface area contributed by atoms with E-state index in [0.29, 0.717) is 12.6 Å². The second kappa shape index (κ2) is 7.81. The molecular formula is C18H23NO2. The molecule has 0 bridgehead atoms. The van der Waals surface area contributed by atoms with Crippen molar-refractivity contribution in [2.45, 2.75) is 25.5 Å². The first-order valence-corrected chi connectivity index (χ1v) is 7.28. The summed E-state index contributed by atoms with van der Waals surface area (Å²) in [5.41, 5.74) is 2.17. The van der Waals surface area contributed by atoms with E-state index in [-0.39, 0.29) is 0 Å². The Morgan fingerprint density at radius 3 is 2.57 bits per heavy atom. The lowest BCUT2D eigenvalue weighted by Gasteiger charge is -2.18. The van der Waals surface area contributed by atoms with Gasteiger partial charge in [0.15, 0.2) is 0 Å². The summed E-state index contributed by atoms with van der Waals surface area (Å²) in [5.74, 6) is 0.767. The van der Waals surface area contributed by atoms with Crippen LogP contribution in [0.4, 0.5) is 0 Å². The molecule has 0 spiro atoms. The summed E-state index contributed by atoms with van der Waals surface area (Å²) in [5, 5.41) is 13.6. The minimum absolute atomic E-state index is 0.313. The van der Waals surface area contributed by atoms with Gasteiger partial charge in [-0.1, -0.05) is 42.5 Å². The van der Waals surface area contributed by atoms with Crippen LogP contribution in [0.25, 0.3) is 0 Å². The summed E-state index contributed by atoms with van der Waals surface area (Å²) in [6, 6.07) is 18.2. The van der Waals surface area contributed by atoms with Crippen LogP contribution in [0.5, 0.6) is 5.75 Å². The average Bonchev–Trinajstić information content (AvgIpc) is 2.53. The minimum Gasteiger partial charge on any atom is -0.497 e. The van der Waals surface area contributed by atoms with Gasteiger partial charge in [-0.3, -0.25) is 0 Å². The van der Waals surface area contributed by atoms with Crippen molar-refractivity contribution in [3.05, 3.63) is 65.7 Å². The lowest BCUT2D eigenvalue weighted by molar-refractivity contribution is 0.170. The fourth-order valence-electron chi connectivity index (χ4n) is 2.32. The predicted octanol–water partition coefficient (Wildman–Crippen LogP) is 2.95. The first kappa shape index (κ1) is 15.5. The standard InChI is InChI=1S/C18H23NO2/c1-14(11-15-7-4-3-5-8-15)19-13-18(20)16-9-6-10-17(12-16)21-2/h3-10,12,14,18-20H,11,13H2,1-2H3. The van der Waals surface area contributed by atoms with E-state index in [0.717, 1.165) is 17.7 Å². The molecule has 0 saturated heterocycles. The molecule has 0 heterocycles. The topological polar surface area (TPSA) is 41.5 Å². The first-order chi connectivity index (χ1) is 10.2. The van der Waals surface area contributed by atoms with Gasteiger partial charge in [0.05, 0.1) is 13.2 Å². The number of hydrogen-bond donors (Lipinski definition) is 2. The third-order valence-corrected chi connectivity index (χ3v) is 3.52. The van der Waals surface area contributed by atoms with Gasteiger partial charge in [-0.25, -0.2) is 0 Å². The van der Waals surface area contributed by atoms with Crippen LogP contribution in [-0.4, -0.2) is 24.8 Å². The van der Waals surface area contributed by atoms with Crippen LogP contribution >= 0.6 is 0 Å². The maximum Gasteiger partial charge on any atom is 0.119 e. The molecule has 0 radical (unpaired) electrons. The second-order valence-electron chi connectivity index (χ2n) is 5.29. The molecule has 0 aliphatic heterocycles. The molecule has 3 nitrogen and oxygen atoms in total. The zero-order chi connectivity index (χ0) is 15.1. The molecular weight excluding hydrogens is 262 g/mol. The molecule has 2 rings (SSSR count). The number of rotatable bonds is 7. The van der Waals surface area contributed by atoms with Crippen LogP contribution in [0.1, 0.15) is 24.2 Å². The number of aliphatic hydroxyl groups excluding tert-OH is 1. The Morgan fingerprint density at radius 1 is 1.10 bits per heavy atom. The van der Waals surface area contributed by atoms with Crippen molar-refractivity contribution < 1.29 is 9.84 Å². The Balaban J connectivity index is 1.84. The molecule has 2 aromatic rings. The van der Waals surface area contributed by atoms with Crippen molar-refractivity contribution in [2.24, 2.45) is 0 Å². The molecule has 0 aromatic heterocycles. The summed E-state index contributed by atoms with van der Waals surface area (Å²) >= 11 is 0. The summed E-state index contributed by atoms with van der Waals surface area (Å²) < 4.78 is 5.18. The fraction of sp³-hybridized carbons (Fsp3) is 0.333. The lowest BCUT2D eigenvalue weighted by atomic mass is 10.1. The van der Waals surface area contributed by atoms with Gasteiger partial charge >= 0.3 is 0 Å². The summed E-state index contributed by atoms with van der Waals surface area (Å²) in [7, 11) is 1.63. The van der Waals surface area contributed by atoms with Gasteiger partial charge in [0.1, 0.15) is 5.75 Å². The van der Waals surface area contributed by atoms with E-state index < -0.39 is 6.10 Å². The highest BCUT2D eigenvalue weighted by Crippen LogP contribution is 2.18. The smallest absolute Gasteiger partial charge is 0.119 e. The molecule has 2 N–H and O–H groups in total. The third-order valence-electron chi connectivity index (χ3n) is 3.52. The maximum atomic E-state index is 10.2. The van der Waals surface area contributed by atoms with Crippen LogP contribution in [0.15, 0.2) is 54.6 Å². The fourth-order valence-corrected chi connectivity index (χ4v) is 2.32. The van der Waals surface area contributed by atoms with Gasteiger partial charge in [-0.15, -0.1) is 0 Å². The molecule has 0 saturated carbocycles. The summed E-state index contributed by atoms with van der Waals surface area (Å²) in [6.45, 7) is 2.66. The van der Waals surface area contributed by atoms with Crippen LogP contribution in [-0.2, 0) is 6.42 Å². The van der Waals surface area contributed by atoms with Crippen molar-refractivity contribution in [3.8, 4) is 5.75 Å². The van der Waals surface area contributed by atoms with Crippen molar-refractivity contribution in [1.82, 2.24) is 5.32 Å². The van der Waals surface area contributed by atoms with E-state index in [4.69, 9.17) is 4.74 Å². The SMILES string of the molecule is COc1cccc(C(O)CNC(C)Cc2ccccc2)c1. The number of nitrogens with one attached hydrogen (secondary N) is 1. The maximum absolute atomic E-state index is 10.2. The number of methoxy groups -OCH3 is 1. The highest BCUT2D eigenvalue weighted by molar-refractivity contribution is 5.29. The number of ether oxygens (including phenoxy) is 1. The predicted molar refractivity (Wildman–Crippen MR) is 85.6 cm³/mol. The molecule has 0 fully saturated rings. The average molecular weight is 285 g/mol. The Kier molecular flexibility index (Phi) is 5.78. The Hall–Kier alpha value is -1.84. The number of benzene rings is 2. The van der Waals surface area contributed by atoms with Crippen LogP contribution < -0.4 is 10.1 Å². The quantitative estimate of drug-likeness (QED) is 0.822. The highest BCUT2D eigenvalue weighted by atomic mass is 16.5. The monoisotopic (exact) mass is 285 g/mol. The molecule has 2 atom stereocenters. The van der Waals surface area contributed by atoms with Crippen molar-refractivity contribution in [3.63, 3.8) is 0 Å². The Morgan fingerprint density at radius 2 is 1.86 bits per heavy atom. The molecule has 112 valence electrons. The van der Waals surface area contributed by atoms with Gasteiger partial charge in [0, 0.05) is 12.6 Å². The van der Waals surface area contributed by atoms with Gasteiger partial charge in [-0.05, 0) is 36.6 Å². The molecule has 2 aromatic carbocycles. The Labute approximate surface area is 126 Å². The van der Waals surface area contributed by atoms with E-state index in [1.807, 2.05) is 42.5 Å². The summed E-state index contributed by atoms with van der Waals surface area (Å²) in [6.07, 6.45) is 0.421. The first-order valence-electron chi connectivity index (χ1n) is 7.28. The zero-order valence-electron chi connectivity index (χ0n) is 12.6. The highest BCUT2D eigenvalue weighted by Gasteiger charge is 2.10. The second-order valence-corrected chi connectivity index (χ2v) is 5.29. The van der Waals surface area contributed by atoms with E-state index in [2.05, 4.69) is 24.4 Å². The molecule has 0 aliphatic rings. The van der Waals surface area contributed by atoms with Crippen molar-refractivity contribution in [2.75, 3.05) is 13.7 Å². The zero-order valence-corrected chi connectivity index (χ0v) is 12.6. The molecule has 3 heteroatoms. The molecule has 0 aliphatic carbocycles. The van der Waals surface area contributed by atoms with E-state index in [1.54, 1.807) is 7.11 Å². The summed E-state index contributed by atoms with van der Waals surface area (Å²) in [4.78, 5) is 0. The van der Waals surface area contributed by atoms with Gasteiger partial charge in [0.2, 0.25) is 0 Å². The number of hydrogen-bond acceptors (Lipinski definition) is 3. The minimum atomic E-state index is -0.529. The van der Waals surface area contributed by atoms with Crippen LogP contribution in [0, 0.1) is 0 Å². The van der Waals surface area contributed by atoms with E-state index in [1.165, 1.54) is 5.56 Å². The van der Waals surface area contributed by atoms with Crippen LogP contribution in [0.3, 0.4) is 0 Å². The van der Waals surface area contributed by atoms with Crippen LogP contribution in [0.2, 0.25) is 0 Å². The largest absolute Gasteiger partial charge is 0.497 e. The van der Waals surface area contributed by atoms with Crippen molar-refractivity contribution >= 4 is 0 Å². The van der Waals surface area contributed by atoms with Gasteiger partial charge < -0.3 is 15.2 Å². The van der Waals surface area contributed by atoms with Gasteiger partial charge in [0.25, 0.3) is 0 Å². The third kappa shape index (κ3) is 4.88. The van der Waals surface area contributed by atoms with Gasteiger partial charge in [-0.2, -0.15) is 0 Å². The Bertz CT molecular complexity index is 542. The van der Waals surface area contributed by atoms with E-state index >= 15 is 0 Å². The number of aliphatic hydroxyl groups is 1. The lowest BCUT2D eigenvalue weighted by Crippen LogP contribution is -2.32. The van der Waals surface area contributed by atoms with E-state index in [9.17, 15) is 5.11 Å². The molecule has 2 unspecified atom stereocenters.